The molecule has 0 aliphatic carbocycles. The Morgan fingerprint density at radius 3 is 2.56 bits per heavy atom. The largest absolute Gasteiger partial charge is 0.299 e. The average Bonchev–Trinajstić information content (AvgIpc) is 2.59. The lowest BCUT2D eigenvalue weighted by Crippen LogP contribution is -2.13. The maximum absolute atomic E-state index is 12.0. The number of aromatic nitrogens is 2. The Balaban J connectivity index is 2.61. The summed E-state index contributed by atoms with van der Waals surface area (Å²) >= 11 is 0. The first-order chi connectivity index (χ1) is 7.74. The van der Waals surface area contributed by atoms with Crippen molar-refractivity contribution in [1.82, 2.24) is 9.78 Å². The van der Waals surface area contributed by atoms with Gasteiger partial charge in [0.1, 0.15) is 0 Å². The summed E-state index contributed by atoms with van der Waals surface area (Å²) in [4.78, 5) is 12.0. The summed E-state index contributed by atoms with van der Waals surface area (Å²) in [6, 6.07) is 9.35. The predicted molar refractivity (Wildman–Crippen MR) is 61.6 cm³/mol. The lowest BCUT2D eigenvalue weighted by Gasteiger charge is -1.99. The van der Waals surface area contributed by atoms with E-state index >= 15 is 0 Å². The Labute approximate surface area is 92.4 Å². The Kier molecular flexibility index (Phi) is 2.68. The lowest BCUT2D eigenvalue weighted by molar-refractivity contribution is 0.835. The average molecular weight is 216 g/mol. The number of para-hydroxylation sites is 1. The van der Waals surface area contributed by atoms with Crippen molar-refractivity contribution in [2.24, 2.45) is 10.2 Å². The minimum Gasteiger partial charge on any atom is -0.293 e. The third-order valence-electron chi connectivity index (χ3n) is 2.25. The number of hydrogen-bond acceptors (Lipinski definition) is 3. The van der Waals surface area contributed by atoms with Gasteiger partial charge in [-0.1, -0.05) is 18.2 Å². The Hall–Kier alpha value is -2.17. The van der Waals surface area contributed by atoms with Gasteiger partial charge >= 0.3 is 0 Å². The molecule has 0 aliphatic rings. The van der Waals surface area contributed by atoms with Crippen LogP contribution in [0.2, 0.25) is 0 Å². The molecule has 16 heavy (non-hydrogen) atoms. The van der Waals surface area contributed by atoms with Gasteiger partial charge in [0.25, 0.3) is 5.56 Å². The van der Waals surface area contributed by atoms with Crippen molar-refractivity contribution in [3.8, 4) is 5.69 Å². The molecule has 0 amide bonds. The summed E-state index contributed by atoms with van der Waals surface area (Å²) in [5.74, 6) is 0. The molecule has 0 unspecified atom stereocenters. The van der Waals surface area contributed by atoms with Gasteiger partial charge in [0, 0.05) is 7.05 Å². The van der Waals surface area contributed by atoms with Crippen LogP contribution in [0.15, 0.2) is 45.4 Å². The molecule has 1 aromatic heterocycles. The summed E-state index contributed by atoms with van der Waals surface area (Å²) in [6.45, 7) is 1.80. The van der Waals surface area contributed by atoms with E-state index in [0.29, 0.717) is 11.4 Å². The van der Waals surface area contributed by atoms with Crippen LogP contribution in [0.3, 0.4) is 0 Å². The number of azo groups is 1. The molecule has 1 aromatic carbocycles. The standard InChI is InChI=1S/C11H12N4O/c1-8-10(13-12-2)11(16)15(14-8)9-6-4-3-5-7-9/h3-7,14H,1-2H3. The van der Waals surface area contributed by atoms with E-state index in [9.17, 15) is 4.79 Å². The highest BCUT2D eigenvalue weighted by Crippen LogP contribution is 2.13. The quantitative estimate of drug-likeness (QED) is 0.768. The van der Waals surface area contributed by atoms with Crippen LogP contribution in [0.4, 0.5) is 5.69 Å². The highest BCUT2D eigenvalue weighted by Gasteiger charge is 2.10. The van der Waals surface area contributed by atoms with Crippen LogP contribution in [0.5, 0.6) is 0 Å². The highest BCUT2D eigenvalue weighted by atomic mass is 16.1. The van der Waals surface area contributed by atoms with Crippen LogP contribution in [0, 0.1) is 6.92 Å². The molecule has 0 fully saturated rings. The lowest BCUT2D eigenvalue weighted by atomic mass is 10.3. The molecule has 82 valence electrons. The smallest absolute Gasteiger partial charge is 0.293 e. The van der Waals surface area contributed by atoms with Gasteiger partial charge in [-0.3, -0.25) is 9.89 Å². The molecule has 2 rings (SSSR count). The monoisotopic (exact) mass is 216 g/mol. The molecule has 2 aromatic rings. The van der Waals surface area contributed by atoms with Crippen molar-refractivity contribution in [2.75, 3.05) is 7.05 Å². The molecule has 0 atom stereocenters. The van der Waals surface area contributed by atoms with Crippen molar-refractivity contribution < 1.29 is 0 Å². The van der Waals surface area contributed by atoms with Gasteiger partial charge in [-0.2, -0.15) is 5.11 Å². The SMILES string of the molecule is CN=Nc1c(C)[nH]n(-c2ccccc2)c1=O. The molecule has 5 nitrogen and oxygen atoms in total. The summed E-state index contributed by atoms with van der Waals surface area (Å²) < 4.78 is 1.46. The first-order valence-corrected chi connectivity index (χ1v) is 4.91. The number of rotatable bonds is 2. The van der Waals surface area contributed by atoms with Crippen LogP contribution in [-0.2, 0) is 0 Å². The molecular formula is C11H12N4O. The fourth-order valence-electron chi connectivity index (χ4n) is 1.51. The zero-order valence-corrected chi connectivity index (χ0v) is 9.14. The fourth-order valence-corrected chi connectivity index (χ4v) is 1.51. The van der Waals surface area contributed by atoms with Crippen molar-refractivity contribution in [3.63, 3.8) is 0 Å². The minimum absolute atomic E-state index is 0.186. The van der Waals surface area contributed by atoms with Gasteiger partial charge in [0.15, 0.2) is 5.69 Å². The van der Waals surface area contributed by atoms with E-state index in [1.165, 1.54) is 4.68 Å². The number of H-pyrrole nitrogens is 1. The Morgan fingerprint density at radius 2 is 1.94 bits per heavy atom. The third kappa shape index (κ3) is 1.67. The van der Waals surface area contributed by atoms with E-state index in [2.05, 4.69) is 15.3 Å². The van der Waals surface area contributed by atoms with Crippen LogP contribution in [0.1, 0.15) is 5.69 Å². The van der Waals surface area contributed by atoms with Gasteiger partial charge < -0.3 is 0 Å². The predicted octanol–water partition coefficient (Wildman–Crippen LogP) is 2.19. The maximum atomic E-state index is 12.0. The summed E-state index contributed by atoms with van der Waals surface area (Å²) in [5, 5.41) is 10.4. The van der Waals surface area contributed by atoms with E-state index < -0.39 is 0 Å². The topological polar surface area (TPSA) is 62.5 Å². The van der Waals surface area contributed by atoms with Gasteiger partial charge in [-0.05, 0) is 19.1 Å². The zero-order chi connectivity index (χ0) is 11.5. The second-order valence-corrected chi connectivity index (χ2v) is 3.36. The molecule has 0 radical (unpaired) electrons. The maximum Gasteiger partial charge on any atom is 0.299 e. The summed E-state index contributed by atoms with van der Waals surface area (Å²) in [7, 11) is 1.54. The molecule has 1 N–H and O–H groups in total. The summed E-state index contributed by atoms with van der Waals surface area (Å²) in [5.41, 5.74) is 1.66. The van der Waals surface area contributed by atoms with Crippen molar-refractivity contribution in [1.29, 1.82) is 0 Å². The van der Waals surface area contributed by atoms with E-state index in [-0.39, 0.29) is 5.56 Å². The first kappa shape index (κ1) is 10.4. The highest BCUT2D eigenvalue weighted by molar-refractivity contribution is 5.42. The van der Waals surface area contributed by atoms with Gasteiger partial charge in [-0.25, -0.2) is 4.68 Å². The van der Waals surface area contributed by atoms with Crippen molar-refractivity contribution in [2.45, 2.75) is 6.92 Å². The van der Waals surface area contributed by atoms with Crippen LogP contribution in [0.25, 0.3) is 5.69 Å². The molecule has 0 spiro atoms. The number of aromatic amines is 1. The van der Waals surface area contributed by atoms with Gasteiger partial charge in [0.2, 0.25) is 0 Å². The molecule has 0 aliphatic heterocycles. The molecule has 1 heterocycles. The van der Waals surface area contributed by atoms with Gasteiger partial charge in [0.05, 0.1) is 11.4 Å². The third-order valence-corrected chi connectivity index (χ3v) is 2.25. The zero-order valence-electron chi connectivity index (χ0n) is 9.14. The number of aryl methyl sites for hydroxylation is 1. The van der Waals surface area contributed by atoms with E-state index in [1.807, 2.05) is 30.3 Å². The molecule has 0 bridgehead atoms. The number of nitrogens with one attached hydrogen (secondary N) is 1. The van der Waals surface area contributed by atoms with Gasteiger partial charge in [-0.15, -0.1) is 5.11 Å². The molecule has 0 saturated heterocycles. The molecule has 5 heteroatoms. The second-order valence-electron chi connectivity index (χ2n) is 3.36. The Morgan fingerprint density at radius 1 is 1.25 bits per heavy atom. The molecule has 0 saturated carbocycles. The van der Waals surface area contributed by atoms with Crippen molar-refractivity contribution in [3.05, 3.63) is 46.4 Å². The number of benzene rings is 1. The number of hydrogen-bond donors (Lipinski definition) is 1. The minimum atomic E-state index is -0.186. The van der Waals surface area contributed by atoms with E-state index in [0.717, 1.165) is 5.69 Å². The van der Waals surface area contributed by atoms with E-state index in [4.69, 9.17) is 0 Å². The van der Waals surface area contributed by atoms with E-state index in [1.54, 1.807) is 14.0 Å². The number of nitrogens with zero attached hydrogens (tertiary/aromatic N) is 3. The summed E-state index contributed by atoms with van der Waals surface area (Å²) in [6.07, 6.45) is 0. The van der Waals surface area contributed by atoms with Crippen LogP contribution in [-0.4, -0.2) is 16.8 Å². The Bertz CT molecular complexity index is 565. The molecular weight excluding hydrogens is 204 g/mol. The first-order valence-electron chi connectivity index (χ1n) is 4.91. The normalized spacial score (nSPS) is 11.1. The second kappa shape index (κ2) is 4.14. The van der Waals surface area contributed by atoms with Crippen LogP contribution < -0.4 is 5.56 Å². The van der Waals surface area contributed by atoms with Crippen LogP contribution >= 0.6 is 0 Å². The van der Waals surface area contributed by atoms with Crippen molar-refractivity contribution >= 4 is 5.69 Å². The fraction of sp³-hybridized carbons (Fsp3) is 0.182.